The number of aliphatic hydroxyl groups is 1. The third kappa shape index (κ3) is 3.16. The molecule has 2 aliphatic rings. The summed E-state index contributed by atoms with van der Waals surface area (Å²) in [6.07, 6.45) is 4.52. The molecule has 1 saturated carbocycles. The van der Waals surface area contributed by atoms with Crippen LogP contribution in [-0.4, -0.2) is 40.9 Å². The van der Waals surface area contributed by atoms with Gasteiger partial charge in [0.25, 0.3) is 0 Å². The normalized spacial score (nSPS) is 32.9. The van der Waals surface area contributed by atoms with Crippen LogP contribution in [0.3, 0.4) is 0 Å². The summed E-state index contributed by atoms with van der Waals surface area (Å²) in [6, 6.07) is 0. The number of piperidine rings is 1. The molecule has 1 heterocycles. The number of rotatable bonds is 0. The third-order valence-electron chi connectivity index (χ3n) is 3.99. The molecule has 1 amide bonds. The number of carbonyl (C=O) groups excluding carboxylic acids is 1. The monoisotopic (exact) mass is 255 g/mol. The molecule has 1 N–H and O–H groups in total. The summed E-state index contributed by atoms with van der Waals surface area (Å²) in [5, 5.41) is 9.72. The van der Waals surface area contributed by atoms with E-state index in [1.807, 2.05) is 25.7 Å². The second kappa shape index (κ2) is 4.72. The number of ether oxygens (including phenoxy) is 1. The number of amides is 1. The zero-order valence-electron chi connectivity index (χ0n) is 11.7. The van der Waals surface area contributed by atoms with Crippen molar-refractivity contribution in [3.63, 3.8) is 0 Å². The summed E-state index contributed by atoms with van der Waals surface area (Å²) < 4.78 is 5.43. The van der Waals surface area contributed by atoms with Crippen molar-refractivity contribution in [2.45, 2.75) is 64.6 Å². The highest BCUT2D eigenvalue weighted by Gasteiger charge is 2.43. The van der Waals surface area contributed by atoms with Gasteiger partial charge >= 0.3 is 6.09 Å². The van der Waals surface area contributed by atoms with E-state index in [1.165, 1.54) is 0 Å². The summed E-state index contributed by atoms with van der Waals surface area (Å²) in [5.74, 6) is 0. The minimum absolute atomic E-state index is 0.147. The minimum atomic E-state index is -0.434. The van der Waals surface area contributed by atoms with Gasteiger partial charge in [0, 0.05) is 13.1 Å². The van der Waals surface area contributed by atoms with Crippen LogP contribution in [0, 0.1) is 5.41 Å². The van der Waals surface area contributed by atoms with Gasteiger partial charge in [0.05, 0.1) is 6.10 Å². The molecule has 2 atom stereocenters. The Bertz CT molecular complexity index is 319. The first-order valence-corrected chi connectivity index (χ1v) is 6.96. The first kappa shape index (κ1) is 13.7. The molecule has 2 fully saturated rings. The van der Waals surface area contributed by atoms with Gasteiger partial charge < -0.3 is 14.7 Å². The van der Waals surface area contributed by atoms with Crippen molar-refractivity contribution in [2.75, 3.05) is 13.1 Å². The Morgan fingerprint density at radius 1 is 1.39 bits per heavy atom. The molecule has 1 saturated heterocycles. The second-order valence-corrected chi connectivity index (χ2v) is 6.90. The molecule has 2 rings (SSSR count). The summed E-state index contributed by atoms with van der Waals surface area (Å²) >= 11 is 0. The predicted molar refractivity (Wildman–Crippen MR) is 69.3 cm³/mol. The standard InChI is InChI=1S/C14H25NO3/c1-13(2,3)18-12(17)15-8-4-6-14(10-15)7-5-11(16)9-14/h11,16H,4-10H2,1-3H3/t11-,14-/m0/s1. The van der Waals surface area contributed by atoms with Crippen molar-refractivity contribution in [3.8, 4) is 0 Å². The van der Waals surface area contributed by atoms with Crippen molar-refractivity contribution >= 4 is 6.09 Å². The quantitative estimate of drug-likeness (QED) is 0.723. The lowest BCUT2D eigenvalue weighted by molar-refractivity contribution is 0.00279. The molecule has 1 aliphatic carbocycles. The zero-order chi connectivity index (χ0) is 13.4. The van der Waals surface area contributed by atoms with Gasteiger partial charge in [-0.1, -0.05) is 0 Å². The van der Waals surface area contributed by atoms with Crippen LogP contribution in [0.2, 0.25) is 0 Å². The van der Waals surface area contributed by atoms with Crippen molar-refractivity contribution in [2.24, 2.45) is 5.41 Å². The van der Waals surface area contributed by atoms with Gasteiger partial charge in [-0.2, -0.15) is 0 Å². The first-order chi connectivity index (χ1) is 8.30. The molecule has 1 spiro atoms. The van der Waals surface area contributed by atoms with E-state index in [0.29, 0.717) is 0 Å². The fourth-order valence-corrected chi connectivity index (χ4v) is 3.24. The van der Waals surface area contributed by atoms with Gasteiger partial charge in [0.2, 0.25) is 0 Å². The van der Waals surface area contributed by atoms with Crippen LogP contribution in [0.15, 0.2) is 0 Å². The summed E-state index contributed by atoms with van der Waals surface area (Å²) in [7, 11) is 0. The average molecular weight is 255 g/mol. The zero-order valence-corrected chi connectivity index (χ0v) is 11.7. The smallest absolute Gasteiger partial charge is 0.410 e. The molecule has 4 heteroatoms. The molecule has 0 radical (unpaired) electrons. The van der Waals surface area contributed by atoms with E-state index in [-0.39, 0.29) is 17.6 Å². The molecule has 104 valence electrons. The van der Waals surface area contributed by atoms with Crippen molar-refractivity contribution in [1.82, 2.24) is 4.90 Å². The maximum Gasteiger partial charge on any atom is 0.410 e. The minimum Gasteiger partial charge on any atom is -0.444 e. The van der Waals surface area contributed by atoms with Crippen molar-refractivity contribution < 1.29 is 14.6 Å². The third-order valence-corrected chi connectivity index (χ3v) is 3.99. The lowest BCUT2D eigenvalue weighted by Crippen LogP contribution is -2.47. The number of aliphatic hydroxyl groups excluding tert-OH is 1. The van der Waals surface area contributed by atoms with Crippen LogP contribution in [0.1, 0.15) is 52.9 Å². The van der Waals surface area contributed by atoms with E-state index in [1.54, 1.807) is 0 Å². The molecular weight excluding hydrogens is 230 g/mol. The summed E-state index contributed by atoms with van der Waals surface area (Å²) in [6.45, 7) is 7.21. The second-order valence-electron chi connectivity index (χ2n) is 6.90. The van der Waals surface area contributed by atoms with E-state index in [2.05, 4.69) is 0 Å². The van der Waals surface area contributed by atoms with Gasteiger partial charge in [0.15, 0.2) is 0 Å². The van der Waals surface area contributed by atoms with Gasteiger partial charge in [-0.3, -0.25) is 0 Å². The highest BCUT2D eigenvalue weighted by Crippen LogP contribution is 2.45. The largest absolute Gasteiger partial charge is 0.444 e. The molecule has 18 heavy (non-hydrogen) atoms. The van der Waals surface area contributed by atoms with Gasteiger partial charge in [-0.05, 0) is 58.3 Å². The Hall–Kier alpha value is -0.770. The maximum absolute atomic E-state index is 12.1. The molecule has 0 aromatic carbocycles. The molecule has 0 bridgehead atoms. The molecule has 4 nitrogen and oxygen atoms in total. The number of carbonyl (C=O) groups is 1. The molecule has 0 aromatic rings. The van der Waals surface area contributed by atoms with Gasteiger partial charge in [-0.25, -0.2) is 4.79 Å². The maximum atomic E-state index is 12.1. The number of hydrogen-bond donors (Lipinski definition) is 1. The van der Waals surface area contributed by atoms with E-state index in [9.17, 15) is 9.90 Å². The van der Waals surface area contributed by atoms with Gasteiger partial charge in [0.1, 0.15) is 5.60 Å². The summed E-state index contributed by atoms with van der Waals surface area (Å²) in [5.41, 5.74) is -0.286. The summed E-state index contributed by atoms with van der Waals surface area (Å²) in [4.78, 5) is 13.9. The van der Waals surface area contributed by atoms with E-state index >= 15 is 0 Å². The number of nitrogens with zero attached hydrogens (tertiary/aromatic N) is 1. The Morgan fingerprint density at radius 2 is 2.11 bits per heavy atom. The molecule has 1 aliphatic heterocycles. The van der Waals surface area contributed by atoms with Crippen molar-refractivity contribution in [1.29, 1.82) is 0 Å². The van der Waals surface area contributed by atoms with Crippen molar-refractivity contribution in [3.05, 3.63) is 0 Å². The van der Waals surface area contributed by atoms with Crippen LogP contribution < -0.4 is 0 Å². The topological polar surface area (TPSA) is 49.8 Å². The lowest BCUT2D eigenvalue weighted by Gasteiger charge is -2.40. The van der Waals surface area contributed by atoms with E-state index < -0.39 is 5.60 Å². The predicted octanol–water partition coefficient (Wildman–Crippen LogP) is 2.55. The average Bonchev–Trinajstić information content (AvgIpc) is 2.57. The Balaban J connectivity index is 1.97. The Morgan fingerprint density at radius 3 is 2.67 bits per heavy atom. The number of hydrogen-bond acceptors (Lipinski definition) is 3. The molecular formula is C14H25NO3. The van der Waals surface area contributed by atoms with E-state index in [0.717, 1.165) is 45.2 Å². The molecule has 0 unspecified atom stereocenters. The molecule has 0 aromatic heterocycles. The first-order valence-electron chi connectivity index (χ1n) is 6.96. The van der Waals surface area contributed by atoms with Crippen LogP contribution in [0.25, 0.3) is 0 Å². The Kier molecular flexibility index (Phi) is 3.58. The van der Waals surface area contributed by atoms with Crippen LogP contribution in [-0.2, 0) is 4.74 Å². The highest BCUT2D eigenvalue weighted by atomic mass is 16.6. The SMILES string of the molecule is CC(C)(C)OC(=O)N1CCC[C@@]2(CC[C@H](O)C2)C1. The van der Waals surface area contributed by atoms with Gasteiger partial charge in [-0.15, -0.1) is 0 Å². The Labute approximate surface area is 109 Å². The fraction of sp³-hybridized carbons (Fsp3) is 0.929. The number of likely N-dealkylation sites (tertiary alicyclic amines) is 1. The lowest BCUT2D eigenvalue weighted by atomic mass is 9.78. The van der Waals surface area contributed by atoms with E-state index in [4.69, 9.17) is 4.74 Å². The highest BCUT2D eigenvalue weighted by molar-refractivity contribution is 5.68. The fourth-order valence-electron chi connectivity index (χ4n) is 3.24. The van der Waals surface area contributed by atoms with Crippen LogP contribution in [0.4, 0.5) is 4.79 Å². The van der Waals surface area contributed by atoms with Crippen LogP contribution >= 0.6 is 0 Å². The van der Waals surface area contributed by atoms with Crippen LogP contribution in [0.5, 0.6) is 0 Å².